The molecule has 0 saturated carbocycles. The van der Waals surface area contributed by atoms with Crippen molar-refractivity contribution in [1.82, 2.24) is 20.1 Å². The Morgan fingerprint density at radius 1 is 1.24 bits per heavy atom. The van der Waals surface area contributed by atoms with Crippen molar-refractivity contribution >= 4 is 41.7 Å². The van der Waals surface area contributed by atoms with E-state index in [0.29, 0.717) is 18.9 Å². The number of likely N-dealkylation sites (tertiary alicyclic amines) is 1. The molecule has 0 aromatic carbocycles. The Labute approximate surface area is 190 Å². The first-order chi connectivity index (χ1) is 13.7. The second kappa shape index (κ2) is 12.2. The molecule has 0 bridgehead atoms. The number of piperazine rings is 1. The molecule has 0 radical (unpaired) electrons. The predicted molar refractivity (Wildman–Crippen MR) is 126 cm³/mol. The number of nitrogens with zero attached hydrogens (tertiary/aromatic N) is 5. The van der Waals surface area contributed by atoms with Gasteiger partial charge in [0.1, 0.15) is 5.82 Å². The lowest BCUT2D eigenvalue weighted by atomic mass is 10.1. The molecule has 2 saturated heterocycles. The van der Waals surface area contributed by atoms with Gasteiger partial charge in [0, 0.05) is 78.5 Å². The summed E-state index contributed by atoms with van der Waals surface area (Å²) in [5, 5.41) is 3.35. The van der Waals surface area contributed by atoms with Crippen molar-refractivity contribution in [2.75, 3.05) is 71.5 Å². The van der Waals surface area contributed by atoms with Crippen molar-refractivity contribution in [3.8, 4) is 0 Å². The molecule has 1 unspecified atom stereocenters. The maximum absolute atomic E-state index is 12.6. The molecular weight excluding hydrogens is 483 g/mol. The number of nitrogens with one attached hydrogen (secondary N) is 1. The van der Waals surface area contributed by atoms with Gasteiger partial charge in [0.2, 0.25) is 5.91 Å². The van der Waals surface area contributed by atoms with Crippen LogP contribution in [0.1, 0.15) is 12.8 Å². The lowest BCUT2D eigenvalue weighted by molar-refractivity contribution is -0.131. The normalized spacial score (nSPS) is 19.9. The summed E-state index contributed by atoms with van der Waals surface area (Å²) in [5.74, 6) is 2.62. The maximum atomic E-state index is 12.6. The van der Waals surface area contributed by atoms with Crippen molar-refractivity contribution in [3.05, 3.63) is 24.4 Å². The zero-order valence-corrected chi connectivity index (χ0v) is 19.7. The molecular formula is C20H33IN6O2. The number of anilines is 1. The minimum Gasteiger partial charge on any atom is -0.384 e. The monoisotopic (exact) mass is 516 g/mol. The highest BCUT2D eigenvalue weighted by atomic mass is 127. The second-order valence-electron chi connectivity index (χ2n) is 7.34. The zero-order chi connectivity index (χ0) is 19.8. The number of carbonyl (C=O) groups is 1. The van der Waals surface area contributed by atoms with Crippen molar-refractivity contribution in [2.45, 2.75) is 12.8 Å². The molecule has 1 aromatic rings. The third-order valence-electron chi connectivity index (χ3n) is 5.43. The van der Waals surface area contributed by atoms with Gasteiger partial charge in [-0.25, -0.2) is 4.98 Å². The van der Waals surface area contributed by atoms with Crippen LogP contribution in [0.15, 0.2) is 29.4 Å². The average Bonchev–Trinajstić information content (AvgIpc) is 3.20. The van der Waals surface area contributed by atoms with Gasteiger partial charge in [0.25, 0.3) is 0 Å². The van der Waals surface area contributed by atoms with E-state index in [1.165, 1.54) is 0 Å². The standard InChI is InChI=1S/C20H32N6O2.HI/c1-21-20(26-10-7-17(15-26)16-28-2)23-9-6-19(27)25-13-11-24(12-14-25)18-5-3-4-8-22-18;/h3-5,8,17H,6-7,9-16H2,1-2H3,(H,21,23);1H. The van der Waals surface area contributed by atoms with Crippen molar-refractivity contribution in [2.24, 2.45) is 10.9 Å². The third kappa shape index (κ3) is 6.70. The van der Waals surface area contributed by atoms with Crippen LogP contribution in [0, 0.1) is 5.92 Å². The summed E-state index contributed by atoms with van der Waals surface area (Å²) in [7, 11) is 3.54. The van der Waals surface area contributed by atoms with E-state index in [9.17, 15) is 4.79 Å². The van der Waals surface area contributed by atoms with E-state index in [4.69, 9.17) is 4.74 Å². The summed E-state index contributed by atoms with van der Waals surface area (Å²) in [4.78, 5) is 27.7. The summed E-state index contributed by atoms with van der Waals surface area (Å²) in [5.41, 5.74) is 0. The highest BCUT2D eigenvalue weighted by molar-refractivity contribution is 14.0. The second-order valence-corrected chi connectivity index (χ2v) is 7.34. The molecule has 1 N–H and O–H groups in total. The van der Waals surface area contributed by atoms with Gasteiger partial charge < -0.3 is 24.8 Å². The predicted octanol–water partition coefficient (Wildman–Crippen LogP) is 1.28. The first-order valence-electron chi connectivity index (χ1n) is 10.1. The number of carbonyl (C=O) groups excluding carboxylic acids is 1. The summed E-state index contributed by atoms with van der Waals surface area (Å²) in [6.07, 6.45) is 3.41. The lowest BCUT2D eigenvalue weighted by Gasteiger charge is -2.35. The minimum absolute atomic E-state index is 0. The number of guanidine groups is 1. The van der Waals surface area contributed by atoms with Gasteiger partial charge >= 0.3 is 0 Å². The van der Waals surface area contributed by atoms with Crippen LogP contribution in [0.4, 0.5) is 5.82 Å². The first kappa shape index (κ1) is 23.7. The Morgan fingerprint density at radius 2 is 2.03 bits per heavy atom. The number of hydrogen-bond acceptors (Lipinski definition) is 5. The zero-order valence-electron chi connectivity index (χ0n) is 17.4. The van der Waals surface area contributed by atoms with Gasteiger partial charge in [0.05, 0.1) is 6.61 Å². The lowest BCUT2D eigenvalue weighted by Crippen LogP contribution is -2.49. The summed E-state index contributed by atoms with van der Waals surface area (Å²) >= 11 is 0. The van der Waals surface area contributed by atoms with Gasteiger partial charge in [-0.05, 0) is 18.6 Å². The molecule has 9 heteroatoms. The molecule has 2 aliphatic rings. The van der Waals surface area contributed by atoms with E-state index in [2.05, 4.69) is 25.1 Å². The third-order valence-corrected chi connectivity index (χ3v) is 5.43. The molecule has 2 fully saturated rings. The van der Waals surface area contributed by atoms with Gasteiger partial charge in [0.15, 0.2) is 5.96 Å². The van der Waals surface area contributed by atoms with E-state index >= 15 is 0 Å². The van der Waals surface area contributed by atoms with Gasteiger partial charge in [-0.15, -0.1) is 24.0 Å². The fourth-order valence-electron chi connectivity index (χ4n) is 3.89. The molecule has 1 aromatic heterocycles. The molecule has 0 aliphatic carbocycles. The Bertz CT molecular complexity index is 652. The molecule has 0 spiro atoms. The quantitative estimate of drug-likeness (QED) is 0.349. The first-order valence-corrected chi connectivity index (χ1v) is 10.1. The van der Waals surface area contributed by atoms with Crippen LogP contribution in [0.25, 0.3) is 0 Å². The minimum atomic E-state index is 0. The number of methoxy groups -OCH3 is 1. The molecule has 3 rings (SSSR count). The number of hydrogen-bond donors (Lipinski definition) is 1. The average molecular weight is 516 g/mol. The van der Waals surface area contributed by atoms with Gasteiger partial charge in [-0.2, -0.15) is 0 Å². The van der Waals surface area contributed by atoms with Crippen LogP contribution in [-0.4, -0.2) is 93.2 Å². The Morgan fingerprint density at radius 3 is 2.69 bits per heavy atom. The van der Waals surface area contributed by atoms with E-state index in [1.54, 1.807) is 14.2 Å². The Kier molecular flexibility index (Phi) is 9.92. The van der Waals surface area contributed by atoms with Crippen LogP contribution in [0.2, 0.25) is 0 Å². The van der Waals surface area contributed by atoms with Crippen LogP contribution in [-0.2, 0) is 9.53 Å². The number of pyridine rings is 1. The number of halogens is 1. The maximum Gasteiger partial charge on any atom is 0.224 e. The molecule has 29 heavy (non-hydrogen) atoms. The molecule has 1 amide bonds. The molecule has 162 valence electrons. The fraction of sp³-hybridized carbons (Fsp3) is 0.650. The Hall–Kier alpha value is -1.62. The number of aliphatic imine (C=N–C) groups is 1. The summed E-state index contributed by atoms with van der Waals surface area (Å²) in [6.45, 7) is 6.48. The van der Waals surface area contributed by atoms with E-state index < -0.39 is 0 Å². The van der Waals surface area contributed by atoms with Crippen molar-refractivity contribution < 1.29 is 9.53 Å². The number of ether oxygens (including phenoxy) is 1. The van der Waals surface area contributed by atoms with Crippen LogP contribution >= 0.6 is 24.0 Å². The Balaban J connectivity index is 0.00000300. The largest absolute Gasteiger partial charge is 0.384 e. The molecule has 8 nitrogen and oxygen atoms in total. The van der Waals surface area contributed by atoms with Crippen LogP contribution < -0.4 is 10.2 Å². The smallest absolute Gasteiger partial charge is 0.224 e. The van der Waals surface area contributed by atoms with Crippen LogP contribution in [0.3, 0.4) is 0 Å². The molecule has 3 heterocycles. The number of amides is 1. The van der Waals surface area contributed by atoms with Crippen molar-refractivity contribution in [3.63, 3.8) is 0 Å². The molecule has 1 atom stereocenters. The summed E-state index contributed by atoms with van der Waals surface area (Å²) in [6, 6.07) is 5.93. The number of aromatic nitrogens is 1. The fourth-order valence-corrected chi connectivity index (χ4v) is 3.89. The topological polar surface area (TPSA) is 73.3 Å². The van der Waals surface area contributed by atoms with E-state index in [1.807, 2.05) is 29.3 Å². The van der Waals surface area contributed by atoms with Crippen molar-refractivity contribution in [1.29, 1.82) is 0 Å². The van der Waals surface area contributed by atoms with Gasteiger partial charge in [-0.3, -0.25) is 9.79 Å². The summed E-state index contributed by atoms with van der Waals surface area (Å²) < 4.78 is 5.26. The highest BCUT2D eigenvalue weighted by Crippen LogP contribution is 2.16. The van der Waals surface area contributed by atoms with E-state index in [0.717, 1.165) is 64.1 Å². The highest BCUT2D eigenvalue weighted by Gasteiger charge is 2.25. The van der Waals surface area contributed by atoms with Crippen LogP contribution in [0.5, 0.6) is 0 Å². The number of rotatable bonds is 6. The molecule has 2 aliphatic heterocycles. The van der Waals surface area contributed by atoms with E-state index in [-0.39, 0.29) is 29.9 Å². The van der Waals surface area contributed by atoms with Gasteiger partial charge in [-0.1, -0.05) is 6.07 Å². The SMILES string of the molecule is CN=C(NCCC(=O)N1CCN(c2ccccn2)CC1)N1CCC(COC)C1.I.